The fourth-order valence-corrected chi connectivity index (χ4v) is 2.30. The predicted molar refractivity (Wildman–Crippen MR) is 69.1 cm³/mol. The van der Waals surface area contributed by atoms with Gasteiger partial charge >= 0.3 is 0 Å². The molecule has 0 unspecified atom stereocenters. The molecule has 0 radical (unpaired) electrons. The average molecular weight is 234 g/mol. The van der Waals surface area contributed by atoms with Gasteiger partial charge in [-0.15, -0.1) is 0 Å². The zero-order chi connectivity index (χ0) is 11.9. The summed E-state index contributed by atoms with van der Waals surface area (Å²) in [6.07, 6.45) is 1.81. The molecule has 4 rings (SSSR count). The SMILES string of the molecule is c1ccc2c(c1)Oc1ccccc1-n1nccc1-2. The maximum absolute atomic E-state index is 5.98. The van der Waals surface area contributed by atoms with E-state index in [4.69, 9.17) is 4.74 Å². The second-order valence-electron chi connectivity index (χ2n) is 4.19. The van der Waals surface area contributed by atoms with Gasteiger partial charge in [-0.3, -0.25) is 0 Å². The molecule has 18 heavy (non-hydrogen) atoms. The smallest absolute Gasteiger partial charge is 0.153 e. The van der Waals surface area contributed by atoms with Gasteiger partial charge in [0.1, 0.15) is 11.4 Å². The van der Waals surface area contributed by atoms with E-state index in [9.17, 15) is 0 Å². The quantitative estimate of drug-likeness (QED) is 0.464. The fourth-order valence-electron chi connectivity index (χ4n) is 2.30. The van der Waals surface area contributed by atoms with Crippen LogP contribution in [0.4, 0.5) is 0 Å². The second-order valence-corrected chi connectivity index (χ2v) is 4.19. The molecule has 86 valence electrons. The minimum absolute atomic E-state index is 0.826. The highest BCUT2D eigenvalue weighted by molar-refractivity contribution is 5.72. The predicted octanol–water partition coefficient (Wildman–Crippen LogP) is 3.65. The van der Waals surface area contributed by atoms with Crippen molar-refractivity contribution in [2.75, 3.05) is 0 Å². The largest absolute Gasteiger partial charge is 0.454 e. The lowest BCUT2D eigenvalue weighted by Gasteiger charge is -2.07. The number of hydrogen-bond donors (Lipinski definition) is 0. The van der Waals surface area contributed by atoms with Gasteiger partial charge in [0.05, 0.1) is 11.9 Å². The first kappa shape index (κ1) is 9.48. The third-order valence-electron chi connectivity index (χ3n) is 3.12. The lowest BCUT2D eigenvalue weighted by Crippen LogP contribution is -1.97. The molecular formula is C15H10N2O. The highest BCUT2D eigenvalue weighted by Crippen LogP contribution is 2.40. The van der Waals surface area contributed by atoms with E-state index < -0.39 is 0 Å². The van der Waals surface area contributed by atoms with Gasteiger partial charge in [0.2, 0.25) is 0 Å². The van der Waals surface area contributed by atoms with Gasteiger partial charge in [0.25, 0.3) is 0 Å². The number of hydrogen-bond acceptors (Lipinski definition) is 2. The fraction of sp³-hybridized carbons (Fsp3) is 0. The molecule has 0 fully saturated rings. The lowest BCUT2D eigenvalue weighted by molar-refractivity contribution is 0.484. The molecule has 1 aliphatic rings. The van der Waals surface area contributed by atoms with Crippen LogP contribution in [0.15, 0.2) is 60.8 Å². The summed E-state index contributed by atoms with van der Waals surface area (Å²) in [5, 5.41) is 4.39. The van der Waals surface area contributed by atoms with E-state index in [1.165, 1.54) is 0 Å². The molecule has 3 aromatic rings. The van der Waals surface area contributed by atoms with Crippen LogP contribution in [0, 0.1) is 0 Å². The molecule has 0 saturated heterocycles. The van der Waals surface area contributed by atoms with Crippen LogP contribution < -0.4 is 4.74 Å². The summed E-state index contributed by atoms with van der Waals surface area (Å²) < 4.78 is 7.90. The Bertz CT molecular complexity index is 671. The van der Waals surface area contributed by atoms with Gasteiger partial charge in [-0.1, -0.05) is 24.3 Å². The lowest BCUT2D eigenvalue weighted by atomic mass is 10.1. The molecule has 3 nitrogen and oxygen atoms in total. The van der Waals surface area contributed by atoms with Crippen molar-refractivity contribution in [3.8, 4) is 28.4 Å². The third-order valence-corrected chi connectivity index (χ3v) is 3.12. The van der Waals surface area contributed by atoms with Crippen LogP contribution in [0.1, 0.15) is 0 Å². The molecule has 0 amide bonds. The Morgan fingerprint density at radius 2 is 1.61 bits per heavy atom. The molecular weight excluding hydrogens is 224 g/mol. The van der Waals surface area contributed by atoms with Gasteiger partial charge in [-0.25, -0.2) is 4.68 Å². The summed E-state index contributed by atoms with van der Waals surface area (Å²) >= 11 is 0. The van der Waals surface area contributed by atoms with Crippen LogP contribution in [0.5, 0.6) is 11.5 Å². The normalized spacial score (nSPS) is 11.8. The number of aromatic nitrogens is 2. The maximum atomic E-state index is 5.98. The van der Waals surface area contributed by atoms with Crippen LogP contribution in [0.3, 0.4) is 0 Å². The van der Waals surface area contributed by atoms with Crippen molar-refractivity contribution in [2.45, 2.75) is 0 Å². The average Bonchev–Trinajstić information content (AvgIpc) is 2.84. The first-order valence-electron chi connectivity index (χ1n) is 5.84. The van der Waals surface area contributed by atoms with Crippen molar-refractivity contribution in [3.05, 3.63) is 60.8 Å². The van der Waals surface area contributed by atoms with Gasteiger partial charge in [-0.2, -0.15) is 5.10 Å². The van der Waals surface area contributed by atoms with Crippen LogP contribution in [-0.2, 0) is 0 Å². The molecule has 0 atom stereocenters. The zero-order valence-corrected chi connectivity index (χ0v) is 9.58. The van der Waals surface area contributed by atoms with E-state index in [-0.39, 0.29) is 0 Å². The molecule has 0 N–H and O–H groups in total. The van der Waals surface area contributed by atoms with Crippen molar-refractivity contribution >= 4 is 0 Å². The Morgan fingerprint density at radius 3 is 2.56 bits per heavy atom. The Kier molecular flexibility index (Phi) is 1.83. The second kappa shape index (κ2) is 3.47. The van der Waals surface area contributed by atoms with Crippen molar-refractivity contribution in [1.29, 1.82) is 0 Å². The van der Waals surface area contributed by atoms with Gasteiger partial charge in [0.15, 0.2) is 5.75 Å². The van der Waals surface area contributed by atoms with Crippen molar-refractivity contribution in [2.24, 2.45) is 0 Å². The Hall–Kier alpha value is -2.55. The highest BCUT2D eigenvalue weighted by atomic mass is 16.5. The maximum Gasteiger partial charge on any atom is 0.153 e. The van der Waals surface area contributed by atoms with E-state index in [1.807, 2.05) is 59.4 Å². The summed E-state index contributed by atoms with van der Waals surface area (Å²) in [5.74, 6) is 1.69. The number of para-hydroxylation sites is 3. The van der Waals surface area contributed by atoms with Crippen molar-refractivity contribution < 1.29 is 4.74 Å². The summed E-state index contributed by atoms with van der Waals surface area (Å²) in [6.45, 7) is 0. The molecule has 1 aromatic heterocycles. The van der Waals surface area contributed by atoms with E-state index in [0.717, 1.165) is 28.4 Å². The van der Waals surface area contributed by atoms with E-state index in [0.29, 0.717) is 0 Å². The van der Waals surface area contributed by atoms with E-state index in [2.05, 4.69) is 11.2 Å². The summed E-state index contributed by atoms with van der Waals surface area (Å²) in [7, 11) is 0. The third kappa shape index (κ3) is 1.21. The highest BCUT2D eigenvalue weighted by Gasteiger charge is 2.19. The zero-order valence-electron chi connectivity index (χ0n) is 9.58. The summed E-state index contributed by atoms with van der Waals surface area (Å²) in [5.41, 5.74) is 3.08. The van der Waals surface area contributed by atoms with Gasteiger partial charge < -0.3 is 4.74 Å². The Balaban J connectivity index is 2.12. The molecule has 2 aromatic carbocycles. The van der Waals surface area contributed by atoms with Gasteiger partial charge in [0, 0.05) is 5.56 Å². The monoisotopic (exact) mass is 234 g/mol. The van der Waals surface area contributed by atoms with Crippen LogP contribution >= 0.6 is 0 Å². The molecule has 0 aliphatic carbocycles. The summed E-state index contributed by atoms with van der Waals surface area (Å²) in [4.78, 5) is 0. The van der Waals surface area contributed by atoms with Crippen LogP contribution in [-0.4, -0.2) is 9.78 Å². The van der Waals surface area contributed by atoms with Crippen LogP contribution in [0.2, 0.25) is 0 Å². The van der Waals surface area contributed by atoms with E-state index >= 15 is 0 Å². The van der Waals surface area contributed by atoms with E-state index in [1.54, 1.807) is 0 Å². The first-order valence-corrected chi connectivity index (χ1v) is 5.84. The summed E-state index contributed by atoms with van der Waals surface area (Å²) in [6, 6.07) is 18.0. The molecule has 0 spiro atoms. The Labute approximate surface area is 104 Å². The molecule has 2 heterocycles. The number of ether oxygens (including phenoxy) is 1. The van der Waals surface area contributed by atoms with Gasteiger partial charge in [-0.05, 0) is 30.3 Å². The number of nitrogens with zero attached hydrogens (tertiary/aromatic N) is 2. The molecule has 3 heteroatoms. The standard InChI is InChI=1S/C15H10N2O/c1-3-7-14-11(5-1)12-9-10-16-17(12)13-6-2-4-8-15(13)18-14/h1-10H. The molecule has 1 aliphatic heterocycles. The van der Waals surface area contributed by atoms with Crippen LogP contribution in [0.25, 0.3) is 16.9 Å². The Morgan fingerprint density at radius 1 is 0.833 bits per heavy atom. The minimum atomic E-state index is 0.826. The number of fused-ring (bicyclic) bond motifs is 5. The number of benzene rings is 2. The number of rotatable bonds is 0. The molecule has 0 bridgehead atoms. The topological polar surface area (TPSA) is 27.1 Å². The first-order chi connectivity index (χ1) is 8.93. The minimum Gasteiger partial charge on any atom is -0.454 e. The van der Waals surface area contributed by atoms with Crippen molar-refractivity contribution in [1.82, 2.24) is 9.78 Å². The molecule has 0 saturated carbocycles. The van der Waals surface area contributed by atoms with Crippen molar-refractivity contribution in [3.63, 3.8) is 0 Å².